The van der Waals surface area contributed by atoms with Crippen LogP contribution in [0.1, 0.15) is 0 Å². The molecule has 0 spiro atoms. The molecule has 0 heterocycles. The summed E-state index contributed by atoms with van der Waals surface area (Å²) in [7, 11) is 3.14. The minimum atomic E-state index is 0.0474. The number of aromatic hydroxyl groups is 2. The first-order valence-electron chi connectivity index (χ1n) is 8.23. The lowest BCUT2D eigenvalue weighted by molar-refractivity contribution is 0.411. The zero-order valence-corrected chi connectivity index (χ0v) is 14.5. The normalized spacial score (nSPS) is 11.0. The van der Waals surface area contributed by atoms with Gasteiger partial charge in [-0.05, 0) is 10.8 Å². The molecule has 0 amide bonds. The van der Waals surface area contributed by atoms with E-state index in [0.717, 1.165) is 21.5 Å². The van der Waals surface area contributed by atoms with E-state index < -0.39 is 0 Å². The van der Waals surface area contributed by atoms with E-state index in [9.17, 15) is 10.2 Å². The molecular formula is C22H18O4. The molecule has 4 heteroatoms. The minimum absolute atomic E-state index is 0.0474. The van der Waals surface area contributed by atoms with E-state index >= 15 is 0 Å². The standard InChI is InChI=1S/C22H18O4/c1-25-19-11-17(23)21(15-9-5-3-7-13(15)19)22-16-10-6-4-8-14(16)20(26-2)12-18(22)24/h3-12,23-24H,1-2H3. The van der Waals surface area contributed by atoms with E-state index in [1.54, 1.807) is 26.4 Å². The van der Waals surface area contributed by atoms with Gasteiger partial charge in [0.05, 0.1) is 14.2 Å². The van der Waals surface area contributed by atoms with Gasteiger partial charge in [0.25, 0.3) is 0 Å². The van der Waals surface area contributed by atoms with Crippen molar-refractivity contribution < 1.29 is 19.7 Å². The molecular weight excluding hydrogens is 328 g/mol. The fraction of sp³-hybridized carbons (Fsp3) is 0.0909. The number of benzene rings is 4. The molecule has 26 heavy (non-hydrogen) atoms. The predicted molar refractivity (Wildman–Crippen MR) is 103 cm³/mol. The third-order valence-electron chi connectivity index (χ3n) is 4.66. The molecule has 0 fully saturated rings. The number of phenols is 2. The molecule has 2 N–H and O–H groups in total. The van der Waals surface area contributed by atoms with Gasteiger partial charge in [-0.25, -0.2) is 0 Å². The van der Waals surface area contributed by atoms with Gasteiger partial charge in [-0.2, -0.15) is 0 Å². The molecule has 0 radical (unpaired) electrons. The molecule has 0 saturated carbocycles. The van der Waals surface area contributed by atoms with Crippen molar-refractivity contribution in [2.24, 2.45) is 0 Å². The molecule has 0 saturated heterocycles. The maximum absolute atomic E-state index is 10.8. The molecule has 4 rings (SSSR count). The van der Waals surface area contributed by atoms with Crippen LogP contribution < -0.4 is 9.47 Å². The molecule has 0 aliphatic heterocycles. The molecule has 0 aliphatic carbocycles. The Hall–Kier alpha value is -3.40. The number of phenolic OH excluding ortho intramolecular Hbond substituents is 2. The van der Waals surface area contributed by atoms with E-state index in [0.29, 0.717) is 22.6 Å². The summed E-state index contributed by atoms with van der Waals surface area (Å²) in [6.45, 7) is 0. The average molecular weight is 346 g/mol. The smallest absolute Gasteiger partial charge is 0.130 e. The first kappa shape index (κ1) is 16.1. The third-order valence-corrected chi connectivity index (χ3v) is 4.66. The van der Waals surface area contributed by atoms with E-state index in [1.165, 1.54) is 0 Å². The molecule has 4 aromatic carbocycles. The summed E-state index contributed by atoms with van der Waals surface area (Å²) >= 11 is 0. The van der Waals surface area contributed by atoms with Crippen molar-refractivity contribution in [1.82, 2.24) is 0 Å². The lowest BCUT2D eigenvalue weighted by atomic mass is 9.91. The van der Waals surface area contributed by atoms with Crippen LogP contribution in [0.15, 0.2) is 60.7 Å². The summed E-state index contributed by atoms with van der Waals surface area (Å²) in [6, 6.07) is 18.5. The van der Waals surface area contributed by atoms with Crippen molar-refractivity contribution in [1.29, 1.82) is 0 Å². The number of hydrogen-bond donors (Lipinski definition) is 2. The molecule has 4 nitrogen and oxygen atoms in total. The summed E-state index contributed by atoms with van der Waals surface area (Å²) in [6.07, 6.45) is 0. The van der Waals surface area contributed by atoms with Crippen molar-refractivity contribution in [3.63, 3.8) is 0 Å². The van der Waals surface area contributed by atoms with E-state index in [1.807, 2.05) is 48.5 Å². The molecule has 0 unspecified atom stereocenters. The Bertz CT molecular complexity index is 1040. The quantitative estimate of drug-likeness (QED) is 0.542. The summed E-state index contributed by atoms with van der Waals surface area (Å²) in [4.78, 5) is 0. The van der Waals surface area contributed by atoms with Crippen LogP contribution in [0.25, 0.3) is 32.7 Å². The van der Waals surface area contributed by atoms with Crippen LogP contribution >= 0.6 is 0 Å². The van der Waals surface area contributed by atoms with Gasteiger partial charge in [0.2, 0.25) is 0 Å². The fourth-order valence-corrected chi connectivity index (χ4v) is 3.52. The van der Waals surface area contributed by atoms with Crippen LogP contribution in [-0.2, 0) is 0 Å². The van der Waals surface area contributed by atoms with Crippen LogP contribution in [0.4, 0.5) is 0 Å². The highest BCUT2D eigenvalue weighted by molar-refractivity contribution is 6.12. The molecule has 130 valence electrons. The second kappa shape index (κ2) is 6.15. The van der Waals surface area contributed by atoms with E-state index in [2.05, 4.69) is 0 Å². The fourth-order valence-electron chi connectivity index (χ4n) is 3.52. The molecule has 0 bridgehead atoms. The zero-order valence-electron chi connectivity index (χ0n) is 14.5. The number of fused-ring (bicyclic) bond motifs is 2. The van der Waals surface area contributed by atoms with Crippen molar-refractivity contribution >= 4 is 21.5 Å². The van der Waals surface area contributed by atoms with Crippen LogP contribution in [-0.4, -0.2) is 24.4 Å². The van der Waals surface area contributed by atoms with Crippen molar-refractivity contribution in [2.45, 2.75) is 0 Å². The minimum Gasteiger partial charge on any atom is -0.507 e. The maximum atomic E-state index is 10.8. The Morgan fingerprint density at radius 3 is 1.27 bits per heavy atom. The van der Waals surface area contributed by atoms with Gasteiger partial charge in [0.1, 0.15) is 23.0 Å². The van der Waals surface area contributed by atoms with Gasteiger partial charge in [-0.15, -0.1) is 0 Å². The van der Waals surface area contributed by atoms with E-state index in [4.69, 9.17) is 9.47 Å². The highest BCUT2D eigenvalue weighted by atomic mass is 16.5. The predicted octanol–water partition coefficient (Wildman–Crippen LogP) is 5.09. The number of ether oxygens (including phenoxy) is 2. The monoisotopic (exact) mass is 346 g/mol. The second-order valence-corrected chi connectivity index (χ2v) is 6.04. The van der Waals surface area contributed by atoms with Gasteiger partial charge in [0.15, 0.2) is 0 Å². The third kappa shape index (κ3) is 2.30. The van der Waals surface area contributed by atoms with Crippen molar-refractivity contribution in [3.05, 3.63) is 60.7 Å². The van der Waals surface area contributed by atoms with Crippen LogP contribution in [0, 0.1) is 0 Å². The number of rotatable bonds is 3. The highest BCUT2D eigenvalue weighted by Gasteiger charge is 2.20. The molecule has 0 aliphatic rings. The Morgan fingerprint density at radius 2 is 0.923 bits per heavy atom. The molecule has 0 aromatic heterocycles. The largest absolute Gasteiger partial charge is 0.507 e. The topological polar surface area (TPSA) is 58.9 Å². The van der Waals surface area contributed by atoms with Gasteiger partial charge in [-0.3, -0.25) is 0 Å². The zero-order chi connectivity index (χ0) is 18.3. The number of methoxy groups -OCH3 is 2. The molecule has 0 atom stereocenters. The lowest BCUT2D eigenvalue weighted by Gasteiger charge is -2.17. The average Bonchev–Trinajstić information content (AvgIpc) is 2.68. The summed E-state index contributed by atoms with van der Waals surface area (Å²) in [5.41, 5.74) is 1.13. The summed E-state index contributed by atoms with van der Waals surface area (Å²) < 4.78 is 10.8. The second-order valence-electron chi connectivity index (χ2n) is 6.04. The Balaban J connectivity index is 2.19. The van der Waals surface area contributed by atoms with E-state index in [-0.39, 0.29) is 11.5 Å². The number of hydrogen-bond acceptors (Lipinski definition) is 4. The highest BCUT2D eigenvalue weighted by Crippen LogP contribution is 2.48. The van der Waals surface area contributed by atoms with Gasteiger partial charge < -0.3 is 19.7 Å². The van der Waals surface area contributed by atoms with Gasteiger partial charge in [0, 0.05) is 34.0 Å². The Kier molecular flexibility index (Phi) is 3.81. The van der Waals surface area contributed by atoms with Gasteiger partial charge in [-0.1, -0.05) is 48.5 Å². The summed E-state index contributed by atoms with van der Waals surface area (Å²) in [5, 5.41) is 24.9. The van der Waals surface area contributed by atoms with Crippen LogP contribution in [0.2, 0.25) is 0 Å². The first-order chi connectivity index (χ1) is 12.7. The van der Waals surface area contributed by atoms with Crippen molar-refractivity contribution in [3.8, 4) is 34.1 Å². The van der Waals surface area contributed by atoms with Gasteiger partial charge >= 0.3 is 0 Å². The summed E-state index contributed by atoms with van der Waals surface area (Å²) in [5.74, 6) is 1.26. The lowest BCUT2D eigenvalue weighted by Crippen LogP contribution is -1.92. The van der Waals surface area contributed by atoms with Crippen LogP contribution in [0.5, 0.6) is 23.0 Å². The SMILES string of the molecule is COc1cc(O)c(-c2c(O)cc(OC)c3ccccc23)c2ccccc12. The first-order valence-corrected chi connectivity index (χ1v) is 8.23. The van der Waals surface area contributed by atoms with Crippen molar-refractivity contribution in [2.75, 3.05) is 14.2 Å². The Morgan fingerprint density at radius 1 is 0.577 bits per heavy atom. The van der Waals surface area contributed by atoms with Crippen LogP contribution in [0.3, 0.4) is 0 Å². The Labute approximate surface area is 150 Å². The molecule has 4 aromatic rings. The maximum Gasteiger partial charge on any atom is 0.130 e.